The van der Waals surface area contributed by atoms with E-state index in [1.165, 1.54) is 0 Å². The topological polar surface area (TPSA) is 76.7 Å². The maximum atomic E-state index is 12.1. The van der Waals surface area contributed by atoms with Crippen molar-refractivity contribution in [3.8, 4) is 0 Å². The molecule has 8 heteroatoms. The van der Waals surface area contributed by atoms with Crippen LogP contribution in [0.5, 0.6) is 0 Å². The van der Waals surface area contributed by atoms with E-state index in [0.29, 0.717) is 35.9 Å². The summed E-state index contributed by atoms with van der Waals surface area (Å²) in [5.41, 5.74) is 1.22. The normalized spacial score (nSPS) is 16.4. The third-order valence-electron chi connectivity index (χ3n) is 4.53. The van der Waals surface area contributed by atoms with E-state index in [0.717, 1.165) is 25.9 Å². The van der Waals surface area contributed by atoms with E-state index in [1.54, 1.807) is 29.9 Å². The standard InChI is InChI=1S/C17H22ClN3O4/c1-24-9-6-19-16(22)12-4-7-20(8-5-12)11-21-14-10-13(18)2-3-15(14)25-17(21)23/h2-3,10,12H,4-9,11H2,1H3,(H,19,22). The first-order valence-electron chi connectivity index (χ1n) is 8.36. The Labute approximate surface area is 150 Å². The molecule has 1 aliphatic rings. The van der Waals surface area contributed by atoms with Crippen LogP contribution in [-0.4, -0.2) is 48.7 Å². The van der Waals surface area contributed by atoms with Crippen molar-refractivity contribution < 1.29 is 13.9 Å². The number of benzene rings is 1. The Bertz CT molecular complexity index is 793. The van der Waals surface area contributed by atoms with Gasteiger partial charge in [0.1, 0.15) is 0 Å². The lowest BCUT2D eigenvalue weighted by molar-refractivity contribution is -0.126. The number of methoxy groups -OCH3 is 1. The minimum absolute atomic E-state index is 0.0142. The van der Waals surface area contributed by atoms with Gasteiger partial charge in [0.25, 0.3) is 0 Å². The number of nitrogens with one attached hydrogen (secondary N) is 1. The van der Waals surface area contributed by atoms with E-state index in [9.17, 15) is 9.59 Å². The Balaban J connectivity index is 1.59. The van der Waals surface area contributed by atoms with Gasteiger partial charge >= 0.3 is 5.76 Å². The van der Waals surface area contributed by atoms with Crippen LogP contribution in [-0.2, 0) is 16.2 Å². The lowest BCUT2D eigenvalue weighted by Gasteiger charge is -2.31. The molecule has 1 aliphatic heterocycles. The van der Waals surface area contributed by atoms with Gasteiger partial charge in [-0.1, -0.05) is 11.6 Å². The summed E-state index contributed by atoms with van der Waals surface area (Å²) >= 11 is 6.02. The summed E-state index contributed by atoms with van der Waals surface area (Å²) in [6.07, 6.45) is 1.54. The molecule has 0 atom stereocenters. The molecule has 0 aliphatic carbocycles. The highest BCUT2D eigenvalue weighted by Crippen LogP contribution is 2.21. The van der Waals surface area contributed by atoms with Crippen LogP contribution in [0, 0.1) is 5.92 Å². The molecule has 0 bridgehead atoms. The van der Waals surface area contributed by atoms with E-state index >= 15 is 0 Å². The molecule has 1 aromatic heterocycles. The Hall–Kier alpha value is -1.83. The molecule has 3 rings (SSSR count). The predicted octanol–water partition coefficient (Wildman–Crippen LogP) is 1.68. The number of hydrogen-bond acceptors (Lipinski definition) is 5. The maximum Gasteiger partial charge on any atom is 0.421 e. The molecule has 1 saturated heterocycles. The number of piperidine rings is 1. The Morgan fingerprint density at radius 3 is 2.88 bits per heavy atom. The van der Waals surface area contributed by atoms with E-state index in [1.807, 2.05) is 0 Å². The van der Waals surface area contributed by atoms with Crippen LogP contribution in [0.4, 0.5) is 0 Å². The van der Waals surface area contributed by atoms with Crippen molar-refractivity contribution in [3.63, 3.8) is 0 Å². The fraction of sp³-hybridized carbons (Fsp3) is 0.529. The number of carbonyl (C=O) groups excluding carboxylic acids is 1. The number of halogens is 1. The summed E-state index contributed by atoms with van der Waals surface area (Å²) < 4.78 is 11.8. The summed E-state index contributed by atoms with van der Waals surface area (Å²) in [5, 5.41) is 3.45. The lowest BCUT2D eigenvalue weighted by Crippen LogP contribution is -2.42. The fourth-order valence-corrected chi connectivity index (χ4v) is 3.29. The quantitative estimate of drug-likeness (QED) is 0.786. The van der Waals surface area contributed by atoms with Gasteiger partial charge in [-0.15, -0.1) is 0 Å². The molecule has 7 nitrogen and oxygen atoms in total. The molecule has 0 unspecified atom stereocenters. The van der Waals surface area contributed by atoms with Gasteiger partial charge in [0, 0.05) is 37.7 Å². The first-order chi connectivity index (χ1) is 12.1. The Kier molecular flexibility index (Phi) is 5.78. The third kappa shape index (κ3) is 4.23. The number of oxazole rings is 1. The van der Waals surface area contributed by atoms with Crippen LogP contribution in [0.1, 0.15) is 12.8 Å². The average molecular weight is 368 g/mol. The Morgan fingerprint density at radius 2 is 2.16 bits per heavy atom. The summed E-state index contributed by atoms with van der Waals surface area (Å²) in [6.45, 7) is 2.99. The van der Waals surface area contributed by atoms with Gasteiger partial charge < -0.3 is 14.5 Å². The van der Waals surface area contributed by atoms with Crippen molar-refractivity contribution in [1.82, 2.24) is 14.8 Å². The molecule has 0 radical (unpaired) electrons. The van der Waals surface area contributed by atoms with Crippen LogP contribution >= 0.6 is 11.6 Å². The van der Waals surface area contributed by atoms with Crippen LogP contribution in [0.3, 0.4) is 0 Å². The number of aromatic nitrogens is 1. The first-order valence-corrected chi connectivity index (χ1v) is 8.74. The molecule has 0 saturated carbocycles. The minimum Gasteiger partial charge on any atom is -0.408 e. The van der Waals surface area contributed by atoms with E-state index in [-0.39, 0.29) is 11.8 Å². The molecule has 1 fully saturated rings. The zero-order valence-corrected chi connectivity index (χ0v) is 14.9. The van der Waals surface area contributed by atoms with Crippen molar-refractivity contribution in [1.29, 1.82) is 0 Å². The zero-order chi connectivity index (χ0) is 17.8. The van der Waals surface area contributed by atoms with Crippen molar-refractivity contribution >= 4 is 28.6 Å². The van der Waals surface area contributed by atoms with Gasteiger partial charge in [-0.3, -0.25) is 14.3 Å². The second-order valence-corrected chi connectivity index (χ2v) is 6.66. The van der Waals surface area contributed by atoms with E-state index < -0.39 is 5.76 Å². The second-order valence-electron chi connectivity index (χ2n) is 6.23. The summed E-state index contributed by atoms with van der Waals surface area (Å²) in [6, 6.07) is 5.13. The highest BCUT2D eigenvalue weighted by atomic mass is 35.5. The van der Waals surface area contributed by atoms with Crippen LogP contribution in [0.2, 0.25) is 5.02 Å². The SMILES string of the molecule is COCCNC(=O)C1CCN(Cn2c(=O)oc3ccc(Cl)cc32)CC1. The van der Waals surface area contributed by atoms with Gasteiger partial charge in [-0.2, -0.15) is 0 Å². The number of hydrogen-bond donors (Lipinski definition) is 1. The first kappa shape index (κ1) is 18.0. The van der Waals surface area contributed by atoms with Gasteiger partial charge in [-0.05, 0) is 31.0 Å². The molecular formula is C17H22ClN3O4. The zero-order valence-electron chi connectivity index (χ0n) is 14.2. The third-order valence-corrected chi connectivity index (χ3v) is 4.77. The molecule has 2 heterocycles. The molecule has 25 heavy (non-hydrogen) atoms. The monoisotopic (exact) mass is 367 g/mol. The molecule has 1 amide bonds. The molecule has 1 N–H and O–H groups in total. The molecule has 1 aromatic carbocycles. The number of likely N-dealkylation sites (tertiary alicyclic amines) is 1. The van der Waals surface area contributed by atoms with Gasteiger partial charge in [-0.25, -0.2) is 4.79 Å². The number of ether oxygens (including phenoxy) is 1. The number of carbonyl (C=O) groups is 1. The second kappa shape index (κ2) is 8.03. The Morgan fingerprint density at radius 1 is 1.40 bits per heavy atom. The largest absolute Gasteiger partial charge is 0.421 e. The summed E-state index contributed by atoms with van der Waals surface area (Å²) in [7, 11) is 1.61. The maximum absolute atomic E-state index is 12.1. The number of nitrogens with zero attached hydrogens (tertiary/aromatic N) is 2. The number of fused-ring (bicyclic) bond motifs is 1. The van der Waals surface area contributed by atoms with Crippen LogP contribution in [0.25, 0.3) is 11.1 Å². The molecular weight excluding hydrogens is 346 g/mol. The average Bonchev–Trinajstić information content (AvgIpc) is 2.91. The van der Waals surface area contributed by atoms with Crippen molar-refractivity contribution in [2.75, 3.05) is 33.4 Å². The van der Waals surface area contributed by atoms with Crippen molar-refractivity contribution in [2.45, 2.75) is 19.5 Å². The fourth-order valence-electron chi connectivity index (χ4n) is 3.13. The molecule has 0 spiro atoms. The van der Waals surface area contributed by atoms with Crippen LogP contribution in [0.15, 0.2) is 27.4 Å². The highest BCUT2D eigenvalue weighted by Gasteiger charge is 2.25. The van der Waals surface area contributed by atoms with Gasteiger partial charge in [0.2, 0.25) is 5.91 Å². The predicted molar refractivity (Wildman–Crippen MR) is 94.7 cm³/mol. The minimum atomic E-state index is -0.392. The number of amides is 1. The van der Waals surface area contributed by atoms with Crippen molar-refractivity contribution in [3.05, 3.63) is 33.8 Å². The van der Waals surface area contributed by atoms with E-state index in [2.05, 4.69) is 10.2 Å². The van der Waals surface area contributed by atoms with Crippen molar-refractivity contribution in [2.24, 2.45) is 5.92 Å². The lowest BCUT2D eigenvalue weighted by atomic mass is 9.96. The van der Waals surface area contributed by atoms with E-state index in [4.69, 9.17) is 20.8 Å². The van der Waals surface area contributed by atoms with Gasteiger partial charge in [0.15, 0.2) is 5.58 Å². The highest BCUT2D eigenvalue weighted by molar-refractivity contribution is 6.31. The smallest absolute Gasteiger partial charge is 0.408 e. The summed E-state index contributed by atoms with van der Waals surface area (Å²) in [4.78, 5) is 26.3. The van der Waals surface area contributed by atoms with Crippen LogP contribution < -0.4 is 11.1 Å². The molecule has 136 valence electrons. The summed E-state index contributed by atoms with van der Waals surface area (Å²) in [5.74, 6) is -0.300. The van der Waals surface area contributed by atoms with Gasteiger partial charge in [0.05, 0.1) is 18.8 Å². The number of rotatable bonds is 6. The molecule has 2 aromatic rings.